The number of allylic oxidation sites excluding steroid dienone is 1. The summed E-state index contributed by atoms with van der Waals surface area (Å²) in [5.41, 5.74) is 2.22. The van der Waals surface area contributed by atoms with Gasteiger partial charge in [0.15, 0.2) is 0 Å². The van der Waals surface area contributed by atoms with E-state index in [1.165, 1.54) is 0 Å². The van der Waals surface area contributed by atoms with E-state index in [2.05, 4.69) is 6.58 Å². The second-order valence-corrected chi connectivity index (χ2v) is 3.88. The summed E-state index contributed by atoms with van der Waals surface area (Å²) in [5, 5.41) is 0.803. The largest absolute Gasteiger partial charge is 0.494 e. The molecule has 0 aromatic heterocycles. The van der Waals surface area contributed by atoms with Gasteiger partial charge in [-0.15, -0.1) is 6.58 Å². The summed E-state index contributed by atoms with van der Waals surface area (Å²) in [5.74, 6) is 0.946. The lowest BCUT2D eigenvalue weighted by Crippen LogP contribution is -1.97. The zero-order valence-electron chi connectivity index (χ0n) is 9.35. The molecule has 0 aliphatic rings. The molecule has 0 amide bonds. The molecule has 0 aliphatic carbocycles. The van der Waals surface area contributed by atoms with E-state index >= 15 is 0 Å². The van der Waals surface area contributed by atoms with Gasteiger partial charge < -0.3 is 4.74 Å². The summed E-state index contributed by atoms with van der Waals surface area (Å²) in [6.45, 7) is 8.38. The predicted octanol–water partition coefficient (Wildman–Crippen LogP) is 4.17. The Morgan fingerprint density at radius 1 is 1.47 bits per heavy atom. The third-order valence-electron chi connectivity index (χ3n) is 2.26. The molecular weight excluding hydrogens is 208 g/mol. The Morgan fingerprint density at radius 3 is 2.80 bits per heavy atom. The van der Waals surface area contributed by atoms with E-state index in [0.717, 1.165) is 34.7 Å². The maximum Gasteiger partial charge on any atom is 0.122 e. The molecule has 2 heteroatoms. The average Bonchev–Trinajstić information content (AvgIpc) is 2.21. The van der Waals surface area contributed by atoms with Crippen molar-refractivity contribution in [1.29, 1.82) is 0 Å². The smallest absolute Gasteiger partial charge is 0.122 e. The molecule has 15 heavy (non-hydrogen) atoms. The highest BCUT2D eigenvalue weighted by Crippen LogP contribution is 2.27. The Bertz CT molecular complexity index is 345. The number of benzene rings is 1. The lowest BCUT2D eigenvalue weighted by Gasteiger charge is -2.11. The average molecular weight is 225 g/mol. The second-order valence-electron chi connectivity index (χ2n) is 3.47. The van der Waals surface area contributed by atoms with Crippen LogP contribution >= 0.6 is 11.6 Å². The predicted molar refractivity (Wildman–Crippen MR) is 65.9 cm³/mol. The quantitative estimate of drug-likeness (QED) is 0.683. The van der Waals surface area contributed by atoms with Gasteiger partial charge >= 0.3 is 0 Å². The fourth-order valence-electron chi connectivity index (χ4n) is 1.44. The Morgan fingerprint density at radius 2 is 2.20 bits per heavy atom. The molecule has 0 atom stereocenters. The third kappa shape index (κ3) is 3.28. The molecule has 82 valence electrons. The van der Waals surface area contributed by atoms with Crippen LogP contribution in [0.4, 0.5) is 0 Å². The van der Waals surface area contributed by atoms with Crippen molar-refractivity contribution in [2.75, 3.05) is 6.61 Å². The first-order valence-electron chi connectivity index (χ1n) is 5.21. The van der Waals surface area contributed by atoms with Gasteiger partial charge in [-0.05, 0) is 49.9 Å². The van der Waals surface area contributed by atoms with Crippen LogP contribution in [0.25, 0.3) is 0 Å². The van der Waals surface area contributed by atoms with Crippen LogP contribution in [0.5, 0.6) is 5.75 Å². The van der Waals surface area contributed by atoms with Gasteiger partial charge in [-0.3, -0.25) is 0 Å². The monoisotopic (exact) mass is 224 g/mol. The van der Waals surface area contributed by atoms with E-state index in [1.807, 2.05) is 32.1 Å². The van der Waals surface area contributed by atoms with E-state index in [1.54, 1.807) is 0 Å². The lowest BCUT2D eigenvalue weighted by molar-refractivity contribution is 0.336. The van der Waals surface area contributed by atoms with Crippen molar-refractivity contribution >= 4 is 11.6 Å². The molecule has 0 spiro atoms. The topological polar surface area (TPSA) is 9.23 Å². The Kier molecular flexibility index (Phi) is 4.70. The number of halogens is 1. The van der Waals surface area contributed by atoms with Crippen LogP contribution in [-0.4, -0.2) is 6.61 Å². The number of hydrogen-bond donors (Lipinski definition) is 0. The Hall–Kier alpha value is -0.950. The van der Waals surface area contributed by atoms with E-state index < -0.39 is 0 Å². The van der Waals surface area contributed by atoms with Crippen LogP contribution in [0.2, 0.25) is 5.02 Å². The van der Waals surface area contributed by atoms with Crippen molar-refractivity contribution in [3.63, 3.8) is 0 Å². The SMILES string of the molecule is C=CCCc1cc(Cl)c(C)cc1OCC. The fourth-order valence-corrected chi connectivity index (χ4v) is 1.63. The van der Waals surface area contributed by atoms with Crippen molar-refractivity contribution in [2.45, 2.75) is 26.7 Å². The van der Waals surface area contributed by atoms with Gasteiger partial charge in [0.2, 0.25) is 0 Å². The molecule has 0 saturated carbocycles. The van der Waals surface area contributed by atoms with Gasteiger partial charge in [0.05, 0.1) is 6.61 Å². The van der Waals surface area contributed by atoms with Gasteiger partial charge in [0.1, 0.15) is 5.75 Å². The van der Waals surface area contributed by atoms with Gasteiger partial charge in [0, 0.05) is 5.02 Å². The van der Waals surface area contributed by atoms with Crippen molar-refractivity contribution < 1.29 is 4.74 Å². The molecule has 0 saturated heterocycles. The summed E-state index contributed by atoms with van der Waals surface area (Å²) < 4.78 is 5.58. The van der Waals surface area contributed by atoms with Crippen molar-refractivity contribution in [3.05, 3.63) is 40.9 Å². The molecule has 0 radical (unpaired) electrons. The first-order chi connectivity index (χ1) is 7.19. The summed E-state index contributed by atoms with van der Waals surface area (Å²) in [6, 6.07) is 4.00. The summed E-state index contributed by atoms with van der Waals surface area (Å²) in [7, 11) is 0. The molecule has 1 aromatic rings. The van der Waals surface area contributed by atoms with Crippen LogP contribution in [0.15, 0.2) is 24.8 Å². The normalized spacial score (nSPS) is 10.1. The van der Waals surface area contributed by atoms with Gasteiger partial charge in [0.25, 0.3) is 0 Å². The summed E-state index contributed by atoms with van der Waals surface area (Å²) >= 11 is 6.08. The molecule has 0 unspecified atom stereocenters. The minimum atomic E-state index is 0.683. The van der Waals surface area contributed by atoms with E-state index in [9.17, 15) is 0 Å². The molecule has 0 N–H and O–H groups in total. The molecule has 0 aliphatic heterocycles. The standard InChI is InChI=1S/C13H17ClO/c1-4-6-7-11-9-12(14)10(3)8-13(11)15-5-2/h4,8-9H,1,5-7H2,2-3H3. The van der Waals surface area contributed by atoms with E-state index in [-0.39, 0.29) is 0 Å². The molecule has 1 nitrogen and oxygen atoms in total. The summed E-state index contributed by atoms with van der Waals surface area (Å²) in [4.78, 5) is 0. The fraction of sp³-hybridized carbons (Fsp3) is 0.385. The van der Waals surface area contributed by atoms with Gasteiger partial charge in [-0.2, -0.15) is 0 Å². The van der Waals surface area contributed by atoms with Crippen LogP contribution in [0.3, 0.4) is 0 Å². The third-order valence-corrected chi connectivity index (χ3v) is 2.67. The number of rotatable bonds is 5. The second kappa shape index (κ2) is 5.82. The zero-order chi connectivity index (χ0) is 11.3. The highest BCUT2D eigenvalue weighted by atomic mass is 35.5. The summed E-state index contributed by atoms with van der Waals surface area (Å²) in [6.07, 6.45) is 3.78. The van der Waals surface area contributed by atoms with Crippen molar-refractivity contribution in [1.82, 2.24) is 0 Å². The van der Waals surface area contributed by atoms with Crippen LogP contribution in [0, 0.1) is 6.92 Å². The van der Waals surface area contributed by atoms with Gasteiger partial charge in [-0.25, -0.2) is 0 Å². The molecule has 1 aromatic carbocycles. The minimum absolute atomic E-state index is 0.683. The van der Waals surface area contributed by atoms with Crippen LogP contribution in [-0.2, 0) is 6.42 Å². The number of hydrogen-bond acceptors (Lipinski definition) is 1. The lowest BCUT2D eigenvalue weighted by atomic mass is 10.1. The highest BCUT2D eigenvalue weighted by molar-refractivity contribution is 6.31. The minimum Gasteiger partial charge on any atom is -0.494 e. The highest BCUT2D eigenvalue weighted by Gasteiger charge is 2.06. The van der Waals surface area contributed by atoms with Gasteiger partial charge in [-0.1, -0.05) is 17.7 Å². The Balaban J connectivity index is 2.98. The maximum atomic E-state index is 6.08. The molecule has 1 rings (SSSR count). The Labute approximate surface area is 96.7 Å². The zero-order valence-corrected chi connectivity index (χ0v) is 10.1. The number of ether oxygens (including phenoxy) is 1. The number of aryl methyl sites for hydroxylation is 2. The molecular formula is C13H17ClO. The first kappa shape index (κ1) is 12.1. The van der Waals surface area contributed by atoms with E-state index in [0.29, 0.717) is 6.61 Å². The van der Waals surface area contributed by atoms with Crippen LogP contribution in [0.1, 0.15) is 24.5 Å². The van der Waals surface area contributed by atoms with Crippen molar-refractivity contribution in [2.24, 2.45) is 0 Å². The first-order valence-corrected chi connectivity index (χ1v) is 5.59. The molecule has 0 bridgehead atoms. The molecule has 0 fully saturated rings. The van der Waals surface area contributed by atoms with E-state index in [4.69, 9.17) is 16.3 Å². The maximum absolute atomic E-state index is 6.08. The van der Waals surface area contributed by atoms with Crippen molar-refractivity contribution in [3.8, 4) is 5.75 Å². The van der Waals surface area contributed by atoms with Crippen LogP contribution < -0.4 is 4.74 Å². The molecule has 0 heterocycles.